The lowest BCUT2D eigenvalue weighted by molar-refractivity contribution is 0.0428. The van der Waals surface area contributed by atoms with E-state index < -0.39 is 21.5 Å². The molecule has 40 heavy (non-hydrogen) atoms. The van der Waals surface area contributed by atoms with E-state index in [1.54, 1.807) is 18.2 Å². The number of hydrogen-bond acceptors (Lipinski definition) is 5. The van der Waals surface area contributed by atoms with E-state index in [1.807, 2.05) is 109 Å². The molecule has 6 aromatic carbocycles. The Balaban J connectivity index is 1.58. The van der Waals surface area contributed by atoms with E-state index in [0.717, 1.165) is 32.7 Å². The first-order valence-electron chi connectivity index (χ1n) is 12.7. The smallest absolute Gasteiger partial charge is 0.341 e. The first-order chi connectivity index (χ1) is 19.4. The van der Waals surface area contributed by atoms with Crippen LogP contribution in [-0.2, 0) is 14.9 Å². The van der Waals surface area contributed by atoms with Crippen molar-refractivity contribution in [3.05, 3.63) is 145 Å². The van der Waals surface area contributed by atoms with Crippen molar-refractivity contribution in [1.29, 1.82) is 0 Å². The minimum absolute atomic E-state index is 0.0883. The maximum atomic E-state index is 14.1. The Morgan fingerprint density at radius 1 is 0.625 bits per heavy atom. The van der Waals surface area contributed by atoms with Gasteiger partial charge in [-0.2, -0.15) is 0 Å². The van der Waals surface area contributed by atoms with E-state index in [9.17, 15) is 17.8 Å². The summed E-state index contributed by atoms with van der Waals surface area (Å²) in [5, 5.41) is 3.30. The van der Waals surface area contributed by atoms with E-state index in [0.29, 0.717) is 11.1 Å². The third-order valence-electron chi connectivity index (χ3n) is 6.92. The summed E-state index contributed by atoms with van der Waals surface area (Å²) in [5.41, 5.74) is 0.936. The van der Waals surface area contributed by atoms with E-state index in [2.05, 4.69) is 0 Å². The number of carbonyl (C=O) groups excluding carboxylic acids is 1. The Morgan fingerprint density at radius 3 is 1.88 bits per heavy atom. The molecular formula is C34H23O5S-. The Bertz CT molecular complexity index is 1970. The SMILES string of the molecule is O=C(OC(c1ccc2ccccc2c1)S(=O)(=O)[O-])c1c(-c2ccccc2)cc2ccccc2c1-c1ccccc1. The third kappa shape index (κ3) is 4.86. The molecule has 0 bridgehead atoms. The normalized spacial score (nSPS) is 12.3. The van der Waals surface area contributed by atoms with E-state index >= 15 is 0 Å². The number of rotatable bonds is 6. The van der Waals surface area contributed by atoms with Crippen LogP contribution in [0.25, 0.3) is 43.8 Å². The second-order valence-electron chi connectivity index (χ2n) is 9.46. The minimum atomic E-state index is -5.08. The minimum Gasteiger partial charge on any atom is -0.745 e. The van der Waals surface area contributed by atoms with Crippen LogP contribution in [0, 0.1) is 0 Å². The van der Waals surface area contributed by atoms with Crippen LogP contribution in [0.4, 0.5) is 0 Å². The predicted octanol–water partition coefficient (Wildman–Crippen LogP) is 7.73. The molecular weight excluding hydrogens is 520 g/mol. The van der Waals surface area contributed by atoms with Crippen LogP contribution in [0.1, 0.15) is 21.4 Å². The van der Waals surface area contributed by atoms with Gasteiger partial charge in [0.05, 0.1) is 5.56 Å². The average Bonchev–Trinajstić information content (AvgIpc) is 2.99. The molecule has 1 atom stereocenters. The summed E-state index contributed by atoms with van der Waals surface area (Å²) in [6, 6.07) is 40.4. The van der Waals surface area contributed by atoms with Crippen LogP contribution >= 0.6 is 0 Å². The Morgan fingerprint density at radius 2 is 1.20 bits per heavy atom. The Kier molecular flexibility index (Phi) is 6.64. The van der Waals surface area contributed by atoms with E-state index in [-0.39, 0.29) is 11.1 Å². The quantitative estimate of drug-likeness (QED) is 0.159. The fourth-order valence-electron chi connectivity index (χ4n) is 5.11. The maximum absolute atomic E-state index is 14.1. The predicted molar refractivity (Wildman–Crippen MR) is 157 cm³/mol. The zero-order valence-corrected chi connectivity index (χ0v) is 22.0. The van der Waals surface area contributed by atoms with Gasteiger partial charge in [-0.15, -0.1) is 0 Å². The van der Waals surface area contributed by atoms with Crippen molar-refractivity contribution < 1.29 is 22.5 Å². The summed E-state index contributed by atoms with van der Waals surface area (Å²) in [5.74, 6) is -0.902. The standard InChI is InChI=1S/C34H24O5S/c35-33(39-34(40(36,37)38)28-20-19-23-11-7-8-16-26(23)21-28)32-30(24-12-3-1-4-13-24)22-27-17-9-10-18-29(27)31(32)25-14-5-2-6-15-25/h1-22,34H,(H,36,37,38)/p-1. The number of fused-ring (bicyclic) bond motifs is 2. The van der Waals surface area contributed by atoms with Crippen molar-refractivity contribution in [1.82, 2.24) is 0 Å². The number of carbonyl (C=O) groups is 1. The second-order valence-corrected chi connectivity index (χ2v) is 10.9. The highest BCUT2D eigenvalue weighted by Crippen LogP contribution is 2.40. The molecule has 0 aliphatic carbocycles. The molecule has 0 amide bonds. The Labute approximate surface area is 232 Å². The fourth-order valence-corrected chi connectivity index (χ4v) is 5.80. The zero-order valence-electron chi connectivity index (χ0n) is 21.2. The lowest BCUT2D eigenvalue weighted by Crippen LogP contribution is -2.21. The van der Waals surface area contributed by atoms with Gasteiger partial charge in [-0.25, -0.2) is 13.2 Å². The molecule has 196 valence electrons. The lowest BCUT2D eigenvalue weighted by Gasteiger charge is -2.24. The fraction of sp³-hybridized carbons (Fsp3) is 0.0294. The van der Waals surface area contributed by atoms with Crippen LogP contribution in [-0.4, -0.2) is 18.9 Å². The van der Waals surface area contributed by atoms with Crippen LogP contribution in [0.2, 0.25) is 0 Å². The van der Waals surface area contributed by atoms with Crippen molar-refractivity contribution in [3.63, 3.8) is 0 Å². The number of esters is 1. The van der Waals surface area contributed by atoms with Gasteiger partial charge in [0, 0.05) is 11.1 Å². The molecule has 0 fully saturated rings. The topological polar surface area (TPSA) is 83.5 Å². The number of ether oxygens (including phenoxy) is 1. The molecule has 0 heterocycles. The second kappa shape index (κ2) is 10.4. The van der Waals surface area contributed by atoms with E-state index in [1.165, 1.54) is 6.07 Å². The van der Waals surface area contributed by atoms with Crippen molar-refractivity contribution in [2.45, 2.75) is 5.44 Å². The molecule has 0 saturated carbocycles. The summed E-state index contributed by atoms with van der Waals surface area (Å²) in [4.78, 5) is 14.1. The monoisotopic (exact) mass is 543 g/mol. The van der Waals surface area contributed by atoms with Gasteiger partial charge >= 0.3 is 5.97 Å². The van der Waals surface area contributed by atoms with Gasteiger partial charge in [-0.3, -0.25) is 0 Å². The third-order valence-corrected chi connectivity index (χ3v) is 7.82. The molecule has 5 nitrogen and oxygen atoms in total. The molecule has 0 aliphatic rings. The van der Waals surface area contributed by atoms with Crippen molar-refractivity contribution >= 4 is 37.6 Å². The zero-order chi connectivity index (χ0) is 27.7. The van der Waals surface area contributed by atoms with Gasteiger partial charge in [0.25, 0.3) is 0 Å². The highest BCUT2D eigenvalue weighted by molar-refractivity contribution is 7.85. The van der Waals surface area contributed by atoms with E-state index in [4.69, 9.17) is 4.74 Å². The average molecular weight is 544 g/mol. The van der Waals surface area contributed by atoms with Crippen LogP contribution in [0.5, 0.6) is 0 Å². The first-order valence-corrected chi connectivity index (χ1v) is 14.2. The molecule has 1 unspecified atom stereocenters. The van der Waals surface area contributed by atoms with Crippen molar-refractivity contribution in [2.24, 2.45) is 0 Å². The summed E-state index contributed by atoms with van der Waals surface area (Å²) in [7, 11) is -5.08. The van der Waals surface area contributed by atoms with Crippen LogP contribution < -0.4 is 0 Å². The van der Waals surface area contributed by atoms with Gasteiger partial charge in [0.15, 0.2) is 0 Å². The van der Waals surface area contributed by atoms with Gasteiger partial charge in [0.2, 0.25) is 5.44 Å². The molecule has 0 saturated heterocycles. The summed E-state index contributed by atoms with van der Waals surface area (Å²) in [6.45, 7) is 0. The molecule has 6 heteroatoms. The molecule has 0 N–H and O–H groups in total. The van der Waals surface area contributed by atoms with Gasteiger partial charge in [-0.05, 0) is 50.4 Å². The largest absolute Gasteiger partial charge is 0.745 e. The number of hydrogen-bond donors (Lipinski definition) is 0. The first kappa shape index (κ1) is 25.5. The van der Waals surface area contributed by atoms with Gasteiger partial charge < -0.3 is 9.29 Å². The van der Waals surface area contributed by atoms with Crippen LogP contribution in [0.15, 0.2) is 133 Å². The Hall–Kier alpha value is -4.78. The molecule has 0 spiro atoms. The molecule has 6 rings (SSSR count). The molecule has 0 aromatic heterocycles. The summed E-state index contributed by atoms with van der Waals surface area (Å²) >= 11 is 0. The van der Waals surface area contributed by atoms with Gasteiger partial charge in [0.1, 0.15) is 10.1 Å². The van der Waals surface area contributed by atoms with Crippen molar-refractivity contribution in [2.75, 3.05) is 0 Å². The lowest BCUT2D eigenvalue weighted by atomic mass is 9.87. The highest BCUT2D eigenvalue weighted by atomic mass is 32.2. The van der Waals surface area contributed by atoms with Crippen molar-refractivity contribution in [3.8, 4) is 22.3 Å². The molecule has 6 aromatic rings. The van der Waals surface area contributed by atoms with Crippen LogP contribution in [0.3, 0.4) is 0 Å². The summed E-state index contributed by atoms with van der Waals surface area (Å²) in [6.07, 6.45) is 0. The molecule has 0 radical (unpaired) electrons. The maximum Gasteiger partial charge on any atom is 0.341 e. The highest BCUT2D eigenvalue weighted by Gasteiger charge is 2.29. The summed E-state index contributed by atoms with van der Waals surface area (Å²) < 4.78 is 43.2. The molecule has 0 aliphatic heterocycles. The number of benzene rings is 6. The van der Waals surface area contributed by atoms with Gasteiger partial charge in [-0.1, -0.05) is 121 Å².